The van der Waals surface area contributed by atoms with Crippen LogP contribution in [0.1, 0.15) is 11.1 Å². The highest BCUT2D eigenvalue weighted by atomic mass is 35.5. The third-order valence-electron chi connectivity index (χ3n) is 2.76. The Balaban J connectivity index is 2.02. The minimum Gasteiger partial charge on any atom is -0.389 e. The number of carbonyl (C=O) groups excluding carboxylic acids is 1. The molecule has 2 aromatic carbocycles. The van der Waals surface area contributed by atoms with E-state index in [1.807, 2.05) is 18.2 Å². The van der Waals surface area contributed by atoms with Gasteiger partial charge in [-0.1, -0.05) is 42.0 Å². The Morgan fingerprint density at radius 2 is 1.81 bits per heavy atom. The Kier molecular flexibility index (Phi) is 5.09. The zero-order chi connectivity index (χ0) is 15.2. The van der Waals surface area contributed by atoms with E-state index < -0.39 is 0 Å². The molecule has 0 bridgehead atoms. The molecule has 5 heteroatoms. The van der Waals surface area contributed by atoms with Crippen molar-refractivity contribution < 1.29 is 4.79 Å². The predicted molar refractivity (Wildman–Crippen MR) is 91.4 cm³/mol. The second-order valence-electron chi connectivity index (χ2n) is 4.29. The largest absolute Gasteiger partial charge is 0.389 e. The molecule has 0 heterocycles. The van der Waals surface area contributed by atoms with Crippen LogP contribution >= 0.6 is 23.8 Å². The van der Waals surface area contributed by atoms with Crippen molar-refractivity contribution in [1.29, 1.82) is 0 Å². The van der Waals surface area contributed by atoms with Crippen molar-refractivity contribution in [2.24, 2.45) is 5.73 Å². The highest BCUT2D eigenvalue weighted by molar-refractivity contribution is 7.80. The van der Waals surface area contributed by atoms with Gasteiger partial charge in [0.1, 0.15) is 4.99 Å². The molecule has 0 aromatic heterocycles. The second kappa shape index (κ2) is 7.02. The summed E-state index contributed by atoms with van der Waals surface area (Å²) in [4.78, 5) is 12.1. The van der Waals surface area contributed by atoms with E-state index in [4.69, 9.17) is 29.6 Å². The van der Waals surface area contributed by atoms with Gasteiger partial charge in [-0.3, -0.25) is 4.79 Å². The fourth-order valence-corrected chi connectivity index (χ4v) is 2.01. The molecule has 3 nitrogen and oxygen atoms in total. The van der Waals surface area contributed by atoms with Crippen LogP contribution < -0.4 is 11.1 Å². The van der Waals surface area contributed by atoms with E-state index in [0.717, 1.165) is 11.1 Å². The molecule has 0 aliphatic rings. The number of carbonyl (C=O) groups is 1. The molecule has 0 spiro atoms. The lowest BCUT2D eigenvalue weighted by atomic mass is 10.2. The lowest BCUT2D eigenvalue weighted by Gasteiger charge is -2.03. The lowest BCUT2D eigenvalue weighted by molar-refractivity contribution is -0.111. The molecule has 1 amide bonds. The minimum absolute atomic E-state index is 0.238. The number of rotatable bonds is 4. The van der Waals surface area contributed by atoms with Gasteiger partial charge in [0.2, 0.25) is 5.91 Å². The molecule has 0 saturated heterocycles. The normalized spacial score (nSPS) is 10.5. The number of anilines is 1. The van der Waals surface area contributed by atoms with Gasteiger partial charge in [0.25, 0.3) is 0 Å². The number of nitrogens with one attached hydrogen (secondary N) is 1. The van der Waals surface area contributed by atoms with Gasteiger partial charge in [-0.15, -0.1) is 0 Å². The summed E-state index contributed by atoms with van der Waals surface area (Å²) in [6.45, 7) is 0. The highest BCUT2D eigenvalue weighted by Gasteiger charge is 2.00. The lowest BCUT2D eigenvalue weighted by Crippen LogP contribution is -2.10. The van der Waals surface area contributed by atoms with Gasteiger partial charge in [-0.2, -0.15) is 0 Å². The molecule has 0 aliphatic heterocycles. The molecule has 0 radical (unpaired) electrons. The zero-order valence-electron chi connectivity index (χ0n) is 11.0. The van der Waals surface area contributed by atoms with Gasteiger partial charge in [0.15, 0.2) is 0 Å². The van der Waals surface area contributed by atoms with Crippen LogP contribution in [0.4, 0.5) is 5.69 Å². The van der Waals surface area contributed by atoms with E-state index in [9.17, 15) is 4.79 Å². The van der Waals surface area contributed by atoms with E-state index in [2.05, 4.69) is 5.32 Å². The van der Waals surface area contributed by atoms with Crippen molar-refractivity contribution in [3.05, 3.63) is 70.8 Å². The molecule has 3 N–H and O–H groups in total. The Hall–Kier alpha value is -2.17. The molecule has 0 saturated carbocycles. The van der Waals surface area contributed by atoms with Crippen molar-refractivity contribution in [3.8, 4) is 0 Å². The van der Waals surface area contributed by atoms with Gasteiger partial charge in [0.05, 0.1) is 0 Å². The summed E-state index contributed by atoms with van der Waals surface area (Å²) >= 11 is 10.9. The highest BCUT2D eigenvalue weighted by Crippen LogP contribution is 2.16. The van der Waals surface area contributed by atoms with Gasteiger partial charge < -0.3 is 11.1 Å². The van der Waals surface area contributed by atoms with Crippen molar-refractivity contribution in [1.82, 2.24) is 0 Å². The van der Waals surface area contributed by atoms with Gasteiger partial charge in [0, 0.05) is 22.3 Å². The van der Waals surface area contributed by atoms with Gasteiger partial charge in [-0.25, -0.2) is 0 Å². The van der Waals surface area contributed by atoms with E-state index >= 15 is 0 Å². The fourth-order valence-electron chi connectivity index (χ4n) is 1.68. The summed E-state index contributed by atoms with van der Waals surface area (Å²) in [6, 6.07) is 14.3. The molecule has 0 atom stereocenters. The maximum absolute atomic E-state index is 11.8. The summed E-state index contributed by atoms with van der Waals surface area (Å²) in [6.07, 6.45) is 3.10. The average Bonchev–Trinajstić information content (AvgIpc) is 2.47. The van der Waals surface area contributed by atoms with Crippen molar-refractivity contribution in [2.75, 3.05) is 5.32 Å². The standard InChI is InChI=1S/C16H13ClN2OS/c17-14-4-2-1-3-11(14)7-10-15(20)19-13-8-5-12(6-9-13)16(18)21/h1-10H,(H2,18,21)(H,19,20). The van der Waals surface area contributed by atoms with Crippen LogP contribution in [0.25, 0.3) is 6.08 Å². The Morgan fingerprint density at radius 1 is 1.14 bits per heavy atom. The molecule has 106 valence electrons. The van der Waals surface area contributed by atoms with Gasteiger partial charge in [-0.05, 0) is 42.0 Å². The maximum atomic E-state index is 11.8. The van der Waals surface area contributed by atoms with E-state index in [0.29, 0.717) is 15.7 Å². The van der Waals surface area contributed by atoms with Crippen LogP contribution in [0, 0.1) is 0 Å². The summed E-state index contributed by atoms with van der Waals surface area (Å²) in [7, 11) is 0. The molecule has 0 fully saturated rings. The predicted octanol–water partition coefficient (Wildman–Crippen LogP) is 3.63. The van der Waals surface area contributed by atoms with Crippen LogP contribution in [0.5, 0.6) is 0 Å². The number of nitrogens with two attached hydrogens (primary N) is 1. The first-order valence-electron chi connectivity index (χ1n) is 6.20. The molecule has 2 aromatic rings. The number of halogens is 1. The SMILES string of the molecule is NC(=S)c1ccc(NC(=O)C=Cc2ccccc2Cl)cc1. The summed E-state index contributed by atoms with van der Waals surface area (Å²) in [5, 5.41) is 3.34. The number of benzene rings is 2. The minimum atomic E-state index is -0.238. The number of thiocarbonyl (C=S) groups is 1. The first-order chi connectivity index (χ1) is 10.1. The molecular formula is C16H13ClN2OS. The first kappa shape index (κ1) is 15.2. The molecule has 0 aliphatic carbocycles. The molecule has 2 rings (SSSR count). The van der Waals surface area contributed by atoms with Crippen molar-refractivity contribution in [3.63, 3.8) is 0 Å². The summed E-state index contributed by atoms with van der Waals surface area (Å²) in [5.74, 6) is -0.238. The van der Waals surface area contributed by atoms with Crippen LogP contribution in [0.2, 0.25) is 5.02 Å². The third kappa shape index (κ3) is 4.41. The topological polar surface area (TPSA) is 55.1 Å². The molecule has 0 unspecified atom stereocenters. The third-order valence-corrected chi connectivity index (χ3v) is 3.34. The number of amides is 1. The maximum Gasteiger partial charge on any atom is 0.248 e. The van der Waals surface area contributed by atoms with Crippen molar-refractivity contribution in [2.45, 2.75) is 0 Å². The quantitative estimate of drug-likeness (QED) is 0.669. The van der Waals surface area contributed by atoms with Crippen LogP contribution in [0.3, 0.4) is 0 Å². The summed E-state index contributed by atoms with van der Waals surface area (Å²) < 4.78 is 0. The first-order valence-corrected chi connectivity index (χ1v) is 6.98. The van der Waals surface area contributed by atoms with E-state index in [-0.39, 0.29) is 5.91 Å². The Bertz CT molecular complexity index is 696. The smallest absolute Gasteiger partial charge is 0.248 e. The number of hydrogen-bond acceptors (Lipinski definition) is 2. The Labute approximate surface area is 133 Å². The molecule has 21 heavy (non-hydrogen) atoms. The fraction of sp³-hybridized carbons (Fsp3) is 0. The monoisotopic (exact) mass is 316 g/mol. The molecular weight excluding hydrogens is 304 g/mol. The van der Waals surface area contributed by atoms with Gasteiger partial charge >= 0.3 is 0 Å². The summed E-state index contributed by atoms with van der Waals surface area (Å²) in [5.41, 5.74) is 7.73. The Morgan fingerprint density at radius 3 is 2.43 bits per heavy atom. The van der Waals surface area contributed by atoms with Crippen molar-refractivity contribution >= 4 is 46.5 Å². The van der Waals surface area contributed by atoms with E-state index in [1.54, 1.807) is 36.4 Å². The average molecular weight is 317 g/mol. The second-order valence-corrected chi connectivity index (χ2v) is 5.13. The van der Waals surface area contributed by atoms with Crippen LogP contribution in [-0.4, -0.2) is 10.9 Å². The van der Waals surface area contributed by atoms with Crippen LogP contribution in [-0.2, 0) is 4.79 Å². The number of hydrogen-bond donors (Lipinski definition) is 2. The van der Waals surface area contributed by atoms with E-state index in [1.165, 1.54) is 6.08 Å². The van der Waals surface area contributed by atoms with Crippen LogP contribution in [0.15, 0.2) is 54.6 Å². The zero-order valence-corrected chi connectivity index (χ0v) is 12.6.